The minimum atomic E-state index is 1.30. The zero-order chi connectivity index (χ0) is 15.7. The molecule has 1 aliphatic rings. The first-order chi connectivity index (χ1) is 11.9. The van der Waals surface area contributed by atoms with Crippen molar-refractivity contribution in [3.8, 4) is 0 Å². The Labute approximate surface area is 139 Å². The molecule has 0 amide bonds. The zero-order valence-electron chi connectivity index (χ0n) is 13.1. The Balaban J connectivity index is 1.87. The topological polar surface area (TPSA) is 0 Å². The molecule has 0 radical (unpaired) electrons. The number of benzene rings is 5. The van der Waals surface area contributed by atoms with E-state index in [1.54, 1.807) is 0 Å². The van der Waals surface area contributed by atoms with E-state index in [1.807, 2.05) is 0 Å². The van der Waals surface area contributed by atoms with E-state index < -0.39 is 0 Å². The molecule has 0 spiro atoms. The van der Waals surface area contributed by atoms with Crippen LogP contribution >= 0.6 is 0 Å². The van der Waals surface area contributed by atoms with Gasteiger partial charge in [0.25, 0.3) is 0 Å². The van der Waals surface area contributed by atoms with Gasteiger partial charge in [0.1, 0.15) is 0 Å². The van der Waals surface area contributed by atoms with Crippen LogP contribution in [-0.2, 0) is 0 Å². The van der Waals surface area contributed by atoms with Gasteiger partial charge in [0.15, 0.2) is 0 Å². The fourth-order valence-corrected chi connectivity index (χ4v) is 4.23. The molecule has 24 heavy (non-hydrogen) atoms. The Hall–Kier alpha value is -3.12. The van der Waals surface area contributed by atoms with Gasteiger partial charge in [-0.15, -0.1) is 0 Å². The molecule has 0 bridgehead atoms. The third-order valence-electron chi connectivity index (χ3n) is 5.34. The smallest absolute Gasteiger partial charge is 0.00324 e. The van der Waals surface area contributed by atoms with Crippen molar-refractivity contribution < 1.29 is 0 Å². The summed E-state index contributed by atoms with van der Waals surface area (Å²) in [7, 11) is 0. The molecule has 0 saturated carbocycles. The number of fused-ring (bicyclic) bond motifs is 5. The number of rotatable bonds is 0. The van der Waals surface area contributed by atoms with Crippen LogP contribution in [0, 0.1) is 0 Å². The van der Waals surface area contributed by atoms with E-state index in [0.717, 1.165) is 0 Å². The number of hydrogen-bond acceptors (Lipinski definition) is 0. The number of hydrogen-bond donors (Lipinski definition) is 0. The minimum absolute atomic E-state index is 1.30. The molecular formula is C24H14. The van der Waals surface area contributed by atoms with Crippen molar-refractivity contribution in [2.75, 3.05) is 0 Å². The van der Waals surface area contributed by atoms with E-state index in [9.17, 15) is 0 Å². The van der Waals surface area contributed by atoms with Crippen molar-refractivity contribution in [1.29, 1.82) is 0 Å². The highest BCUT2D eigenvalue weighted by Crippen LogP contribution is 2.38. The van der Waals surface area contributed by atoms with E-state index >= 15 is 0 Å². The normalized spacial score (nSPS) is 12.8. The fraction of sp³-hybridized carbons (Fsp3) is 0. The van der Waals surface area contributed by atoms with Crippen molar-refractivity contribution in [2.24, 2.45) is 0 Å². The second-order valence-electron chi connectivity index (χ2n) is 6.65. The summed E-state index contributed by atoms with van der Waals surface area (Å²) in [6, 6.07) is 26.8. The predicted octanol–water partition coefficient (Wildman–Crippen LogP) is 6.78. The summed E-state index contributed by atoms with van der Waals surface area (Å²) >= 11 is 0. The Morgan fingerprint density at radius 1 is 0.417 bits per heavy atom. The molecule has 0 aromatic heterocycles. The van der Waals surface area contributed by atoms with Crippen LogP contribution in [0.15, 0.2) is 72.8 Å². The van der Waals surface area contributed by atoms with Gasteiger partial charge in [-0.1, -0.05) is 66.7 Å². The third-order valence-corrected chi connectivity index (χ3v) is 5.34. The lowest BCUT2D eigenvalue weighted by atomic mass is 9.93. The van der Waals surface area contributed by atoms with Crippen LogP contribution in [0.2, 0.25) is 0 Å². The molecule has 0 N–H and O–H groups in total. The first kappa shape index (κ1) is 12.3. The van der Waals surface area contributed by atoms with Gasteiger partial charge in [-0.25, -0.2) is 0 Å². The summed E-state index contributed by atoms with van der Waals surface area (Å²) in [4.78, 5) is 0. The molecule has 0 heteroatoms. The van der Waals surface area contributed by atoms with Crippen LogP contribution in [0.4, 0.5) is 0 Å². The average Bonchev–Trinajstić information content (AvgIpc) is 3.05. The highest BCUT2D eigenvalue weighted by molar-refractivity contribution is 6.21. The van der Waals surface area contributed by atoms with E-state index in [0.29, 0.717) is 0 Å². The van der Waals surface area contributed by atoms with Gasteiger partial charge in [-0.05, 0) is 72.4 Å². The maximum Gasteiger partial charge on any atom is -0.00324 e. The first-order valence-electron chi connectivity index (χ1n) is 8.37. The lowest BCUT2D eigenvalue weighted by molar-refractivity contribution is 1.75. The SMILES string of the molecule is C1=Cc2cc3cc4c(ccc5ccccc54)cc3c3cccc1c23. The van der Waals surface area contributed by atoms with E-state index in [1.165, 1.54) is 54.2 Å². The molecule has 5 aromatic rings. The highest BCUT2D eigenvalue weighted by atomic mass is 14.2. The van der Waals surface area contributed by atoms with Gasteiger partial charge in [0.05, 0.1) is 0 Å². The summed E-state index contributed by atoms with van der Waals surface area (Å²) < 4.78 is 0. The molecule has 0 atom stereocenters. The summed E-state index contributed by atoms with van der Waals surface area (Å²) in [6.45, 7) is 0. The van der Waals surface area contributed by atoms with Crippen molar-refractivity contribution in [1.82, 2.24) is 0 Å². The maximum atomic E-state index is 2.36. The molecule has 110 valence electrons. The van der Waals surface area contributed by atoms with Crippen LogP contribution < -0.4 is 0 Å². The summed E-state index contributed by atoms with van der Waals surface area (Å²) in [5, 5.41) is 10.7. The van der Waals surface area contributed by atoms with Crippen molar-refractivity contribution in [3.05, 3.63) is 83.9 Å². The third kappa shape index (κ3) is 1.48. The Bertz CT molecular complexity index is 1340. The standard InChI is InChI=1S/C24H14/c1-2-6-20-15(4-1)8-10-17-13-23-19(14-22(17)20)12-18-11-9-16-5-3-7-21(23)24(16)18/h1-14H. The van der Waals surface area contributed by atoms with Gasteiger partial charge in [-0.3, -0.25) is 0 Å². The Kier molecular flexibility index (Phi) is 2.18. The molecular weight excluding hydrogens is 288 g/mol. The van der Waals surface area contributed by atoms with Crippen LogP contribution in [0.3, 0.4) is 0 Å². The molecule has 5 aromatic carbocycles. The average molecular weight is 302 g/mol. The van der Waals surface area contributed by atoms with Gasteiger partial charge in [0.2, 0.25) is 0 Å². The zero-order valence-corrected chi connectivity index (χ0v) is 13.1. The molecule has 0 fully saturated rings. The van der Waals surface area contributed by atoms with E-state index in [4.69, 9.17) is 0 Å². The fourth-order valence-electron chi connectivity index (χ4n) is 4.23. The highest BCUT2D eigenvalue weighted by Gasteiger charge is 2.13. The van der Waals surface area contributed by atoms with Gasteiger partial charge >= 0.3 is 0 Å². The Morgan fingerprint density at radius 2 is 1.17 bits per heavy atom. The van der Waals surface area contributed by atoms with Crippen LogP contribution in [0.5, 0.6) is 0 Å². The predicted molar refractivity (Wildman–Crippen MR) is 105 cm³/mol. The Morgan fingerprint density at radius 3 is 2.17 bits per heavy atom. The quantitative estimate of drug-likeness (QED) is 0.214. The van der Waals surface area contributed by atoms with Gasteiger partial charge in [0, 0.05) is 0 Å². The van der Waals surface area contributed by atoms with Crippen molar-refractivity contribution in [2.45, 2.75) is 0 Å². The minimum Gasteiger partial charge on any atom is -0.0616 e. The van der Waals surface area contributed by atoms with Gasteiger partial charge in [-0.2, -0.15) is 0 Å². The lowest BCUT2D eigenvalue weighted by Crippen LogP contribution is -1.84. The summed E-state index contributed by atoms with van der Waals surface area (Å²) in [5.41, 5.74) is 2.68. The molecule has 6 rings (SSSR count). The first-order valence-corrected chi connectivity index (χ1v) is 8.37. The molecule has 0 aliphatic heterocycles. The molecule has 0 unspecified atom stereocenters. The molecule has 0 heterocycles. The lowest BCUT2D eigenvalue weighted by Gasteiger charge is -2.10. The van der Waals surface area contributed by atoms with Crippen LogP contribution in [0.1, 0.15) is 11.1 Å². The van der Waals surface area contributed by atoms with E-state index in [-0.39, 0.29) is 0 Å². The summed E-state index contributed by atoms with van der Waals surface area (Å²) in [6.07, 6.45) is 4.47. The monoisotopic (exact) mass is 302 g/mol. The molecule has 1 aliphatic carbocycles. The van der Waals surface area contributed by atoms with Gasteiger partial charge < -0.3 is 0 Å². The largest absolute Gasteiger partial charge is 0.0616 e. The second-order valence-corrected chi connectivity index (χ2v) is 6.65. The van der Waals surface area contributed by atoms with Crippen LogP contribution in [-0.4, -0.2) is 0 Å². The summed E-state index contributed by atoms with van der Waals surface area (Å²) in [5.74, 6) is 0. The second kappa shape index (κ2) is 4.24. The van der Waals surface area contributed by atoms with Crippen molar-refractivity contribution in [3.63, 3.8) is 0 Å². The molecule has 0 saturated heterocycles. The van der Waals surface area contributed by atoms with E-state index in [2.05, 4.69) is 84.9 Å². The van der Waals surface area contributed by atoms with Crippen LogP contribution in [0.25, 0.3) is 55.2 Å². The molecule has 0 nitrogen and oxygen atoms in total. The maximum absolute atomic E-state index is 2.36. The van der Waals surface area contributed by atoms with Crippen molar-refractivity contribution >= 4 is 55.2 Å².